The Morgan fingerprint density at radius 1 is 1.26 bits per heavy atom. The number of anilines is 1. The van der Waals surface area contributed by atoms with E-state index < -0.39 is 22.1 Å². The molecule has 2 aromatic carbocycles. The molecule has 0 radical (unpaired) electrons. The molecule has 0 bridgehead atoms. The second kappa shape index (κ2) is 8.07. The molecule has 31 heavy (non-hydrogen) atoms. The first kappa shape index (κ1) is 21.5. The number of hydrogen-bond acceptors (Lipinski definition) is 6. The molecule has 1 atom stereocenters. The van der Waals surface area contributed by atoms with Crippen LogP contribution in [0.3, 0.4) is 0 Å². The topological polar surface area (TPSA) is 98.1 Å². The zero-order valence-electron chi connectivity index (χ0n) is 16.9. The van der Waals surface area contributed by atoms with Crippen LogP contribution in [0.1, 0.15) is 12.6 Å². The predicted octanol–water partition coefficient (Wildman–Crippen LogP) is 3.35. The maximum Gasteiger partial charge on any atom is 0.332 e. The Hall–Kier alpha value is -2.75. The first-order chi connectivity index (χ1) is 14.7. The van der Waals surface area contributed by atoms with E-state index >= 15 is 0 Å². The van der Waals surface area contributed by atoms with Crippen molar-refractivity contribution in [1.29, 1.82) is 0 Å². The highest BCUT2D eigenvalue weighted by Crippen LogP contribution is 2.35. The molecule has 0 saturated heterocycles. The van der Waals surface area contributed by atoms with Gasteiger partial charge in [-0.1, -0.05) is 11.6 Å². The van der Waals surface area contributed by atoms with Crippen LogP contribution in [0.5, 0.6) is 5.75 Å². The zero-order chi connectivity index (χ0) is 22.3. The lowest BCUT2D eigenvalue weighted by molar-refractivity contribution is -0.149. The highest BCUT2D eigenvalue weighted by atomic mass is 35.5. The molecular formula is C21H21ClN2O6S. The Balaban J connectivity index is 1.83. The minimum absolute atomic E-state index is 0.0570. The van der Waals surface area contributed by atoms with Gasteiger partial charge in [-0.3, -0.25) is 0 Å². The van der Waals surface area contributed by atoms with Crippen LogP contribution in [0.25, 0.3) is 10.9 Å². The summed E-state index contributed by atoms with van der Waals surface area (Å²) in [4.78, 5) is 13.2. The number of aromatic nitrogens is 1. The summed E-state index contributed by atoms with van der Waals surface area (Å²) in [6.07, 6.45) is -1.09. The van der Waals surface area contributed by atoms with Crippen LogP contribution in [-0.4, -0.2) is 49.8 Å². The molecule has 164 valence electrons. The van der Waals surface area contributed by atoms with Crippen molar-refractivity contribution in [2.45, 2.75) is 24.5 Å². The molecule has 0 spiro atoms. The van der Waals surface area contributed by atoms with Crippen molar-refractivity contribution in [2.75, 3.05) is 25.1 Å². The first-order valence-corrected chi connectivity index (χ1v) is 11.4. The van der Waals surface area contributed by atoms with Crippen molar-refractivity contribution >= 4 is 44.2 Å². The van der Waals surface area contributed by atoms with Crippen molar-refractivity contribution in [3.05, 3.63) is 53.2 Å². The Bertz CT molecular complexity index is 1270. The lowest BCUT2D eigenvalue weighted by atomic mass is 10.2. The van der Waals surface area contributed by atoms with E-state index in [0.717, 1.165) is 5.69 Å². The third-order valence-electron chi connectivity index (χ3n) is 5.19. The summed E-state index contributed by atoms with van der Waals surface area (Å²) in [7, 11) is -2.12. The summed E-state index contributed by atoms with van der Waals surface area (Å²) in [6.45, 7) is 2.36. The van der Waals surface area contributed by atoms with Gasteiger partial charge in [0.15, 0.2) is 6.10 Å². The molecule has 8 nitrogen and oxygen atoms in total. The number of rotatable bonds is 6. The van der Waals surface area contributed by atoms with Crippen LogP contribution in [0.15, 0.2) is 47.4 Å². The van der Waals surface area contributed by atoms with E-state index in [1.54, 1.807) is 30.3 Å². The molecule has 1 aliphatic heterocycles. The average molecular weight is 465 g/mol. The van der Waals surface area contributed by atoms with Crippen molar-refractivity contribution in [2.24, 2.45) is 0 Å². The fourth-order valence-electron chi connectivity index (χ4n) is 3.49. The molecule has 4 rings (SSSR count). The minimum atomic E-state index is -4.04. The van der Waals surface area contributed by atoms with E-state index in [4.69, 9.17) is 26.2 Å². The molecule has 3 aromatic rings. The summed E-state index contributed by atoms with van der Waals surface area (Å²) in [5.41, 5.74) is 1.52. The number of halogens is 1. The summed E-state index contributed by atoms with van der Waals surface area (Å²) < 4.78 is 39.5. The largest absolute Gasteiger partial charge is 0.490 e. The Morgan fingerprint density at radius 2 is 2.03 bits per heavy atom. The summed E-state index contributed by atoms with van der Waals surface area (Å²) in [5.74, 6) is -0.642. The number of hydrogen-bond donors (Lipinski definition) is 1. The molecule has 1 aromatic heterocycles. The summed E-state index contributed by atoms with van der Waals surface area (Å²) in [6, 6.07) is 11.3. The van der Waals surface area contributed by atoms with Crippen LogP contribution in [0.4, 0.5) is 5.69 Å². The molecule has 0 aliphatic carbocycles. The van der Waals surface area contributed by atoms with E-state index in [9.17, 15) is 13.2 Å². The van der Waals surface area contributed by atoms with Gasteiger partial charge in [0.05, 0.1) is 34.9 Å². The molecule has 1 aliphatic rings. The second-order valence-corrected chi connectivity index (χ2v) is 9.52. The van der Waals surface area contributed by atoms with E-state index in [1.165, 1.54) is 23.0 Å². The number of carbonyl (C=O) groups is 1. The number of ether oxygens (including phenoxy) is 2. The van der Waals surface area contributed by atoms with E-state index in [2.05, 4.69) is 0 Å². The van der Waals surface area contributed by atoms with Gasteiger partial charge >= 0.3 is 5.97 Å². The normalized spacial score (nSPS) is 14.9. The lowest BCUT2D eigenvalue weighted by Crippen LogP contribution is -2.29. The lowest BCUT2D eigenvalue weighted by Gasteiger charge is -2.28. The number of aliphatic carboxylic acids is 1. The molecule has 0 amide bonds. The van der Waals surface area contributed by atoms with Gasteiger partial charge in [-0.05, 0) is 43.3 Å². The predicted molar refractivity (Wildman–Crippen MR) is 117 cm³/mol. The van der Waals surface area contributed by atoms with Crippen LogP contribution in [0, 0.1) is 0 Å². The van der Waals surface area contributed by atoms with E-state index in [1.807, 2.05) is 11.9 Å². The Kier molecular flexibility index (Phi) is 5.59. The Labute approximate surface area is 184 Å². The average Bonchev–Trinajstić information content (AvgIpc) is 3.09. The number of carboxylic acid groups (broad SMARTS) is 1. The van der Waals surface area contributed by atoms with Gasteiger partial charge in [-0.2, -0.15) is 0 Å². The fourth-order valence-corrected chi connectivity index (χ4v) is 5.22. The van der Waals surface area contributed by atoms with E-state index in [-0.39, 0.29) is 11.5 Å². The highest BCUT2D eigenvalue weighted by Gasteiger charge is 2.26. The van der Waals surface area contributed by atoms with E-state index in [0.29, 0.717) is 40.5 Å². The standard InChI is InChI=1S/C21H21ClN2O6S/c1-13(21(25)26)30-12-16-10-14-9-15(22)3-5-18(14)24(16)31(27,28)17-4-6-19-20(11-17)29-8-7-23(19)2/h3-6,9-11,13H,7-8,12H2,1-2H3,(H,25,26). The third kappa shape index (κ3) is 3.96. The van der Waals surface area contributed by atoms with Crippen LogP contribution >= 0.6 is 11.6 Å². The van der Waals surface area contributed by atoms with Crippen molar-refractivity contribution < 1.29 is 27.8 Å². The monoisotopic (exact) mass is 464 g/mol. The number of fused-ring (bicyclic) bond motifs is 2. The summed E-state index contributed by atoms with van der Waals surface area (Å²) >= 11 is 6.08. The molecule has 0 saturated carbocycles. The van der Waals surface area contributed by atoms with Gasteiger partial charge in [0.2, 0.25) is 0 Å². The van der Waals surface area contributed by atoms with Gasteiger partial charge in [-0.15, -0.1) is 0 Å². The minimum Gasteiger partial charge on any atom is -0.490 e. The molecule has 0 fully saturated rings. The SMILES string of the molecule is CC(OCc1cc2cc(Cl)ccc2n1S(=O)(=O)c1ccc2c(c1)OCCN2C)C(=O)O. The highest BCUT2D eigenvalue weighted by molar-refractivity contribution is 7.90. The van der Waals surface area contributed by atoms with Gasteiger partial charge in [-0.25, -0.2) is 17.2 Å². The fraction of sp³-hybridized carbons (Fsp3) is 0.286. The number of benzene rings is 2. The van der Waals surface area contributed by atoms with Crippen molar-refractivity contribution in [3.63, 3.8) is 0 Å². The molecule has 1 N–H and O–H groups in total. The van der Waals surface area contributed by atoms with Crippen LogP contribution < -0.4 is 9.64 Å². The zero-order valence-corrected chi connectivity index (χ0v) is 18.5. The van der Waals surface area contributed by atoms with Crippen molar-refractivity contribution in [1.82, 2.24) is 3.97 Å². The van der Waals surface area contributed by atoms with Gasteiger partial charge < -0.3 is 19.5 Å². The molecular weight excluding hydrogens is 444 g/mol. The van der Waals surface area contributed by atoms with Gasteiger partial charge in [0.1, 0.15) is 12.4 Å². The number of carboxylic acids is 1. The maximum atomic E-state index is 13.6. The maximum absolute atomic E-state index is 13.6. The first-order valence-electron chi connectivity index (χ1n) is 9.56. The molecule has 1 unspecified atom stereocenters. The van der Waals surface area contributed by atoms with Crippen LogP contribution in [0.2, 0.25) is 5.02 Å². The number of likely N-dealkylation sites (N-methyl/N-ethyl adjacent to an activating group) is 1. The molecule has 2 heterocycles. The Morgan fingerprint density at radius 3 is 2.77 bits per heavy atom. The smallest absolute Gasteiger partial charge is 0.332 e. The van der Waals surface area contributed by atoms with Crippen LogP contribution in [-0.2, 0) is 26.2 Å². The van der Waals surface area contributed by atoms with Gasteiger partial charge in [0.25, 0.3) is 10.0 Å². The molecule has 10 heteroatoms. The third-order valence-corrected chi connectivity index (χ3v) is 7.18. The summed E-state index contributed by atoms with van der Waals surface area (Å²) in [5, 5.41) is 10.2. The second-order valence-electron chi connectivity index (χ2n) is 7.30. The number of nitrogens with zero attached hydrogens (tertiary/aromatic N) is 2. The van der Waals surface area contributed by atoms with Crippen molar-refractivity contribution in [3.8, 4) is 5.75 Å². The quantitative estimate of drug-likeness (QED) is 0.597. The van der Waals surface area contributed by atoms with Gasteiger partial charge in [0, 0.05) is 23.5 Å².